The molecule has 0 saturated heterocycles. The number of carbonyl (C=O) groups excluding carboxylic acids is 1. The molecule has 0 bridgehead atoms. The summed E-state index contributed by atoms with van der Waals surface area (Å²) in [7, 11) is 0. The van der Waals surface area contributed by atoms with Crippen molar-refractivity contribution in [2.24, 2.45) is 5.10 Å². The predicted molar refractivity (Wildman–Crippen MR) is 135 cm³/mol. The standard InChI is InChI=1S/C25H24Br2N2O3/c1-2-3-13-31-23-11-9-20(26)14-19(23)16-28-29-25(30)22-15-21(27)10-12-24(22)32-17-18-7-5-4-6-8-18/h4-12,14-16H,2-3,13,17H2,1H3,(H,29,30). The van der Waals surface area contributed by atoms with E-state index < -0.39 is 0 Å². The number of rotatable bonds is 10. The molecule has 5 nitrogen and oxygen atoms in total. The van der Waals surface area contributed by atoms with Crippen LogP contribution in [-0.4, -0.2) is 18.7 Å². The van der Waals surface area contributed by atoms with Gasteiger partial charge in [-0.2, -0.15) is 5.10 Å². The van der Waals surface area contributed by atoms with Crippen molar-refractivity contribution in [3.05, 3.63) is 92.4 Å². The van der Waals surface area contributed by atoms with Crippen LogP contribution in [0.4, 0.5) is 0 Å². The van der Waals surface area contributed by atoms with Crippen molar-refractivity contribution in [3.8, 4) is 11.5 Å². The maximum atomic E-state index is 12.8. The third-order valence-corrected chi connectivity index (χ3v) is 5.51. The summed E-state index contributed by atoms with van der Waals surface area (Å²) in [6.45, 7) is 3.11. The fraction of sp³-hybridized carbons (Fsp3) is 0.200. The normalized spacial score (nSPS) is 10.8. The molecule has 0 saturated carbocycles. The van der Waals surface area contributed by atoms with Gasteiger partial charge in [0.1, 0.15) is 18.1 Å². The highest BCUT2D eigenvalue weighted by atomic mass is 79.9. The Kier molecular flexibility index (Phi) is 9.31. The van der Waals surface area contributed by atoms with Gasteiger partial charge in [-0.15, -0.1) is 0 Å². The Bertz CT molecular complexity index is 1070. The molecular formula is C25H24Br2N2O3. The minimum atomic E-state index is -0.367. The van der Waals surface area contributed by atoms with E-state index >= 15 is 0 Å². The van der Waals surface area contributed by atoms with Crippen molar-refractivity contribution < 1.29 is 14.3 Å². The number of benzene rings is 3. The smallest absolute Gasteiger partial charge is 0.275 e. The number of hydrogen-bond acceptors (Lipinski definition) is 4. The molecule has 3 rings (SSSR count). The number of hydrazone groups is 1. The van der Waals surface area contributed by atoms with Crippen molar-refractivity contribution in [2.75, 3.05) is 6.61 Å². The van der Waals surface area contributed by atoms with Gasteiger partial charge in [-0.1, -0.05) is 75.5 Å². The Morgan fingerprint density at radius 2 is 1.69 bits per heavy atom. The third kappa shape index (κ3) is 7.21. The number of halogens is 2. The monoisotopic (exact) mass is 558 g/mol. The highest BCUT2D eigenvalue weighted by Crippen LogP contribution is 2.25. The fourth-order valence-corrected chi connectivity index (χ4v) is 3.58. The van der Waals surface area contributed by atoms with E-state index in [2.05, 4.69) is 49.3 Å². The van der Waals surface area contributed by atoms with Crippen molar-refractivity contribution in [1.29, 1.82) is 0 Å². The van der Waals surface area contributed by atoms with E-state index in [9.17, 15) is 4.79 Å². The van der Waals surface area contributed by atoms with Crippen LogP contribution in [-0.2, 0) is 6.61 Å². The molecule has 0 radical (unpaired) electrons. The second kappa shape index (κ2) is 12.4. The van der Waals surface area contributed by atoms with Crippen LogP contribution in [0.3, 0.4) is 0 Å². The van der Waals surface area contributed by atoms with Crippen LogP contribution in [0.5, 0.6) is 11.5 Å². The zero-order valence-corrected chi connectivity index (χ0v) is 20.9. The minimum Gasteiger partial charge on any atom is -0.493 e. The molecule has 0 aliphatic carbocycles. The number of ether oxygens (including phenoxy) is 2. The maximum absolute atomic E-state index is 12.8. The van der Waals surface area contributed by atoms with Gasteiger partial charge >= 0.3 is 0 Å². The molecule has 0 unspecified atom stereocenters. The molecule has 0 heterocycles. The molecule has 7 heteroatoms. The van der Waals surface area contributed by atoms with Crippen LogP contribution in [0.15, 0.2) is 80.8 Å². The number of unbranched alkanes of at least 4 members (excludes halogenated alkanes) is 1. The van der Waals surface area contributed by atoms with Gasteiger partial charge in [0.15, 0.2) is 0 Å². The molecule has 0 aliphatic heterocycles. The van der Waals surface area contributed by atoms with E-state index in [1.54, 1.807) is 18.3 Å². The molecule has 3 aromatic carbocycles. The molecule has 1 N–H and O–H groups in total. The number of carbonyl (C=O) groups is 1. The summed E-state index contributed by atoms with van der Waals surface area (Å²) in [6, 6.07) is 20.8. The van der Waals surface area contributed by atoms with Crippen LogP contribution in [0.2, 0.25) is 0 Å². The first-order chi connectivity index (χ1) is 15.6. The van der Waals surface area contributed by atoms with Gasteiger partial charge in [0.2, 0.25) is 0 Å². The highest BCUT2D eigenvalue weighted by molar-refractivity contribution is 9.10. The fourth-order valence-electron chi connectivity index (χ4n) is 2.84. The maximum Gasteiger partial charge on any atom is 0.275 e. The van der Waals surface area contributed by atoms with Crippen LogP contribution in [0.25, 0.3) is 0 Å². The SMILES string of the molecule is CCCCOc1ccc(Br)cc1C=NNC(=O)c1cc(Br)ccc1OCc1ccccc1. The van der Waals surface area contributed by atoms with Gasteiger partial charge in [-0.25, -0.2) is 5.43 Å². The second-order valence-corrected chi connectivity index (χ2v) is 8.83. The summed E-state index contributed by atoms with van der Waals surface area (Å²) in [6.07, 6.45) is 3.60. The molecular weight excluding hydrogens is 536 g/mol. The second-order valence-electron chi connectivity index (χ2n) is 7.00. The van der Waals surface area contributed by atoms with Crippen LogP contribution >= 0.6 is 31.9 Å². The molecule has 3 aromatic rings. The quantitative estimate of drug-likeness (QED) is 0.170. The summed E-state index contributed by atoms with van der Waals surface area (Å²) >= 11 is 6.88. The van der Waals surface area contributed by atoms with Gasteiger partial charge in [0, 0.05) is 14.5 Å². The Morgan fingerprint density at radius 3 is 2.44 bits per heavy atom. The Labute approximate surface area is 205 Å². The van der Waals surface area contributed by atoms with E-state index in [-0.39, 0.29) is 5.91 Å². The van der Waals surface area contributed by atoms with Crippen molar-refractivity contribution >= 4 is 44.0 Å². The lowest BCUT2D eigenvalue weighted by molar-refractivity contribution is 0.0950. The van der Waals surface area contributed by atoms with Gasteiger partial charge in [-0.3, -0.25) is 4.79 Å². The number of nitrogens with zero attached hydrogens (tertiary/aromatic N) is 1. The number of hydrogen-bond donors (Lipinski definition) is 1. The molecule has 1 amide bonds. The topological polar surface area (TPSA) is 59.9 Å². The zero-order chi connectivity index (χ0) is 22.8. The lowest BCUT2D eigenvalue weighted by atomic mass is 10.2. The van der Waals surface area contributed by atoms with E-state index in [0.29, 0.717) is 30.3 Å². The molecule has 32 heavy (non-hydrogen) atoms. The third-order valence-electron chi connectivity index (χ3n) is 4.52. The summed E-state index contributed by atoms with van der Waals surface area (Å²) in [5.74, 6) is 0.832. The summed E-state index contributed by atoms with van der Waals surface area (Å²) in [5.41, 5.74) is 4.76. The first-order valence-corrected chi connectivity index (χ1v) is 11.9. The van der Waals surface area contributed by atoms with Crippen LogP contribution < -0.4 is 14.9 Å². The van der Waals surface area contributed by atoms with Gasteiger partial charge in [0.05, 0.1) is 18.4 Å². The molecule has 0 fully saturated rings. The van der Waals surface area contributed by atoms with E-state index in [1.165, 1.54) is 0 Å². The van der Waals surface area contributed by atoms with E-state index in [1.807, 2.05) is 54.6 Å². The van der Waals surface area contributed by atoms with Crippen LogP contribution in [0.1, 0.15) is 41.3 Å². The lowest BCUT2D eigenvalue weighted by Gasteiger charge is -2.11. The van der Waals surface area contributed by atoms with Gasteiger partial charge in [-0.05, 0) is 48.4 Å². The zero-order valence-electron chi connectivity index (χ0n) is 17.7. The van der Waals surface area contributed by atoms with E-state index in [0.717, 1.165) is 32.9 Å². The number of nitrogens with one attached hydrogen (secondary N) is 1. The van der Waals surface area contributed by atoms with Crippen molar-refractivity contribution in [3.63, 3.8) is 0 Å². The first-order valence-electron chi connectivity index (χ1n) is 10.3. The van der Waals surface area contributed by atoms with Gasteiger partial charge < -0.3 is 9.47 Å². The molecule has 0 atom stereocenters. The Morgan fingerprint density at radius 1 is 0.969 bits per heavy atom. The van der Waals surface area contributed by atoms with Gasteiger partial charge in [0.25, 0.3) is 5.91 Å². The highest BCUT2D eigenvalue weighted by Gasteiger charge is 2.13. The van der Waals surface area contributed by atoms with Crippen molar-refractivity contribution in [2.45, 2.75) is 26.4 Å². The minimum absolute atomic E-state index is 0.364. The average Bonchev–Trinajstić information content (AvgIpc) is 2.80. The first kappa shape index (κ1) is 24.0. The molecule has 0 aromatic heterocycles. The predicted octanol–water partition coefficient (Wildman–Crippen LogP) is 6.73. The molecule has 0 aliphatic rings. The molecule has 166 valence electrons. The number of amides is 1. The average molecular weight is 560 g/mol. The lowest BCUT2D eigenvalue weighted by Crippen LogP contribution is -2.19. The summed E-state index contributed by atoms with van der Waals surface area (Å²) < 4.78 is 13.4. The Balaban J connectivity index is 1.70. The largest absolute Gasteiger partial charge is 0.493 e. The molecule has 0 spiro atoms. The summed E-state index contributed by atoms with van der Waals surface area (Å²) in [4.78, 5) is 12.8. The summed E-state index contributed by atoms with van der Waals surface area (Å²) in [5, 5.41) is 4.14. The van der Waals surface area contributed by atoms with E-state index in [4.69, 9.17) is 9.47 Å². The Hall–Kier alpha value is -2.64. The van der Waals surface area contributed by atoms with Crippen LogP contribution in [0, 0.1) is 0 Å². The van der Waals surface area contributed by atoms with Crippen molar-refractivity contribution in [1.82, 2.24) is 5.43 Å².